The van der Waals surface area contributed by atoms with Crippen LogP contribution in [0.25, 0.3) is 0 Å². The van der Waals surface area contributed by atoms with Crippen molar-refractivity contribution in [2.75, 3.05) is 0 Å². The van der Waals surface area contributed by atoms with Gasteiger partial charge in [-0.05, 0) is 36.0 Å². The van der Waals surface area contributed by atoms with E-state index < -0.39 is 10.1 Å². The van der Waals surface area contributed by atoms with Crippen LogP contribution >= 0.6 is 0 Å². The Labute approximate surface area is 108 Å². The van der Waals surface area contributed by atoms with Crippen LogP contribution in [0, 0.1) is 13.8 Å². The zero-order valence-corrected chi connectivity index (χ0v) is 12.1. The quantitative estimate of drug-likeness (QED) is 0.662. The Kier molecular flexibility index (Phi) is 3.70. The van der Waals surface area contributed by atoms with E-state index in [9.17, 15) is 17.8 Å². The van der Waals surface area contributed by atoms with Crippen molar-refractivity contribution in [3.63, 3.8) is 0 Å². The van der Waals surface area contributed by atoms with E-state index in [1.54, 1.807) is 13.0 Å². The van der Waals surface area contributed by atoms with Gasteiger partial charge < -0.3 is 0 Å². The van der Waals surface area contributed by atoms with E-state index in [0.717, 1.165) is 5.56 Å². The van der Waals surface area contributed by atoms with Gasteiger partial charge in [-0.15, -0.1) is 0 Å². The minimum absolute atomic E-state index is 0.169. The molecule has 0 saturated heterocycles. The number of hydrogen-bond donors (Lipinski definition) is 1. The van der Waals surface area contributed by atoms with Gasteiger partial charge in [0.2, 0.25) is 0 Å². The summed E-state index contributed by atoms with van der Waals surface area (Å²) in [5.74, 6) is 0. The van der Waals surface area contributed by atoms with Crippen molar-refractivity contribution < 1.29 is 17.8 Å². The van der Waals surface area contributed by atoms with Gasteiger partial charge in [-0.2, -0.15) is 8.42 Å². The molecule has 18 heavy (non-hydrogen) atoms. The number of hydrogen-bond acceptors (Lipinski definition) is 3. The fraction of sp³-hybridized carbons (Fsp3) is 0.462. The minimum atomic E-state index is -4.32. The van der Waals surface area contributed by atoms with Crippen LogP contribution in [0.2, 0.25) is 0 Å². The predicted octanol–water partition coefficient (Wildman–Crippen LogP) is 2.66. The molecule has 0 atom stereocenters. The summed E-state index contributed by atoms with van der Waals surface area (Å²) in [6.45, 7) is 8.99. The zero-order valence-electron chi connectivity index (χ0n) is 11.2. The average molecular weight is 270 g/mol. The molecule has 1 N–H and O–H groups in total. The number of aryl methyl sites for hydroxylation is 1. The normalized spacial score (nSPS) is 12.6. The van der Waals surface area contributed by atoms with Crippen molar-refractivity contribution in [1.29, 1.82) is 0 Å². The van der Waals surface area contributed by atoms with Gasteiger partial charge in [0.15, 0.2) is 6.29 Å². The zero-order chi connectivity index (χ0) is 14.3. The van der Waals surface area contributed by atoms with Crippen molar-refractivity contribution in [1.82, 2.24) is 0 Å². The third-order valence-corrected chi connectivity index (χ3v) is 4.08. The molecule has 0 aliphatic heterocycles. The van der Waals surface area contributed by atoms with Crippen LogP contribution in [-0.4, -0.2) is 19.3 Å². The summed E-state index contributed by atoms with van der Waals surface area (Å²) >= 11 is 0. The molecule has 1 aromatic carbocycles. The Morgan fingerprint density at radius 3 is 2.06 bits per heavy atom. The Morgan fingerprint density at radius 2 is 1.72 bits per heavy atom. The first-order valence-electron chi connectivity index (χ1n) is 5.57. The second-order valence-electron chi connectivity index (χ2n) is 5.45. The summed E-state index contributed by atoms with van der Waals surface area (Å²) < 4.78 is 31.9. The molecule has 4 nitrogen and oxygen atoms in total. The monoisotopic (exact) mass is 270 g/mol. The first-order valence-corrected chi connectivity index (χ1v) is 7.01. The van der Waals surface area contributed by atoms with Gasteiger partial charge in [0.05, 0.1) is 0 Å². The third kappa shape index (κ3) is 2.62. The van der Waals surface area contributed by atoms with Crippen molar-refractivity contribution in [3.05, 3.63) is 28.3 Å². The number of benzene rings is 1. The lowest BCUT2D eigenvalue weighted by atomic mass is 9.81. The lowest BCUT2D eigenvalue weighted by molar-refractivity contribution is 0.112. The first kappa shape index (κ1) is 14.9. The number of carbonyl (C=O) groups is 1. The molecule has 0 spiro atoms. The summed E-state index contributed by atoms with van der Waals surface area (Å²) in [4.78, 5) is 11.0. The summed E-state index contributed by atoms with van der Waals surface area (Å²) in [7, 11) is -4.32. The maximum atomic E-state index is 11.3. The fourth-order valence-electron chi connectivity index (χ4n) is 2.15. The SMILES string of the molecule is Cc1cc(C(C)(C)C)c(C=O)c(C)c1S(=O)(=O)O. The molecular formula is C13H18O4S. The second-order valence-corrected chi connectivity index (χ2v) is 6.81. The molecule has 0 amide bonds. The van der Waals surface area contributed by atoms with Crippen LogP contribution in [0.5, 0.6) is 0 Å². The van der Waals surface area contributed by atoms with E-state index >= 15 is 0 Å². The van der Waals surface area contributed by atoms with Gasteiger partial charge in [-0.3, -0.25) is 9.35 Å². The largest absolute Gasteiger partial charge is 0.298 e. The standard InChI is InChI=1S/C13H18O4S/c1-8-6-11(13(3,4)5)10(7-14)9(2)12(8)18(15,16)17/h6-7H,1-5H3,(H,15,16,17). The second kappa shape index (κ2) is 4.48. The molecule has 0 unspecified atom stereocenters. The van der Waals surface area contributed by atoms with Gasteiger partial charge in [-0.25, -0.2) is 0 Å². The van der Waals surface area contributed by atoms with Crippen LogP contribution in [-0.2, 0) is 15.5 Å². The fourth-order valence-corrected chi connectivity index (χ4v) is 3.11. The van der Waals surface area contributed by atoms with Gasteiger partial charge in [0.1, 0.15) is 4.90 Å². The lowest BCUT2D eigenvalue weighted by Crippen LogP contribution is -2.18. The van der Waals surface area contributed by atoms with Crippen molar-refractivity contribution in [3.8, 4) is 0 Å². The molecule has 0 aromatic heterocycles. The highest BCUT2D eigenvalue weighted by molar-refractivity contribution is 7.86. The van der Waals surface area contributed by atoms with Crippen LogP contribution in [0.4, 0.5) is 0 Å². The Bertz CT molecular complexity index is 592. The summed E-state index contributed by atoms with van der Waals surface area (Å²) in [5.41, 5.74) is 1.59. The van der Waals surface area contributed by atoms with E-state index in [0.29, 0.717) is 23.0 Å². The third-order valence-electron chi connectivity index (χ3n) is 2.94. The van der Waals surface area contributed by atoms with E-state index in [1.807, 2.05) is 20.8 Å². The molecule has 0 fully saturated rings. The molecule has 0 radical (unpaired) electrons. The molecule has 0 saturated carbocycles. The minimum Gasteiger partial charge on any atom is -0.298 e. The summed E-state index contributed by atoms with van der Waals surface area (Å²) in [6, 6.07) is 1.65. The Hall–Kier alpha value is -1.20. The van der Waals surface area contributed by atoms with Gasteiger partial charge in [0.25, 0.3) is 10.1 Å². The maximum Gasteiger partial charge on any atom is 0.295 e. The molecule has 0 heterocycles. The molecule has 0 bridgehead atoms. The lowest BCUT2D eigenvalue weighted by Gasteiger charge is -2.24. The van der Waals surface area contributed by atoms with Crippen LogP contribution < -0.4 is 0 Å². The van der Waals surface area contributed by atoms with Crippen molar-refractivity contribution >= 4 is 16.4 Å². The Balaban J connectivity index is 3.83. The molecular weight excluding hydrogens is 252 g/mol. The molecule has 100 valence electrons. The molecule has 0 aliphatic rings. The Morgan fingerprint density at radius 1 is 1.22 bits per heavy atom. The van der Waals surface area contributed by atoms with E-state index in [2.05, 4.69) is 0 Å². The highest BCUT2D eigenvalue weighted by atomic mass is 32.2. The maximum absolute atomic E-state index is 11.3. The van der Waals surface area contributed by atoms with Gasteiger partial charge in [-0.1, -0.05) is 26.8 Å². The molecule has 1 rings (SSSR count). The highest BCUT2D eigenvalue weighted by Gasteiger charge is 2.26. The van der Waals surface area contributed by atoms with Crippen molar-refractivity contribution in [2.24, 2.45) is 0 Å². The predicted molar refractivity (Wildman–Crippen MR) is 69.8 cm³/mol. The van der Waals surface area contributed by atoms with Gasteiger partial charge in [0, 0.05) is 5.56 Å². The summed E-state index contributed by atoms with van der Waals surface area (Å²) in [5, 5.41) is 0. The summed E-state index contributed by atoms with van der Waals surface area (Å²) in [6.07, 6.45) is 0.643. The molecule has 1 aromatic rings. The van der Waals surface area contributed by atoms with E-state index in [4.69, 9.17) is 0 Å². The van der Waals surface area contributed by atoms with Crippen LogP contribution in [0.3, 0.4) is 0 Å². The van der Waals surface area contributed by atoms with E-state index in [-0.39, 0.29) is 10.3 Å². The number of carbonyl (C=O) groups excluding carboxylic acids is 1. The average Bonchev–Trinajstić information content (AvgIpc) is 2.13. The van der Waals surface area contributed by atoms with E-state index in [1.165, 1.54) is 6.92 Å². The topological polar surface area (TPSA) is 71.4 Å². The smallest absolute Gasteiger partial charge is 0.295 e. The highest BCUT2D eigenvalue weighted by Crippen LogP contribution is 2.32. The van der Waals surface area contributed by atoms with Crippen molar-refractivity contribution in [2.45, 2.75) is 44.9 Å². The number of aldehydes is 1. The van der Waals surface area contributed by atoms with Crippen LogP contribution in [0.1, 0.15) is 47.8 Å². The van der Waals surface area contributed by atoms with Gasteiger partial charge >= 0.3 is 0 Å². The number of rotatable bonds is 2. The first-order chi connectivity index (χ1) is 8.00. The van der Waals surface area contributed by atoms with Crippen LogP contribution in [0.15, 0.2) is 11.0 Å². The molecule has 0 aliphatic carbocycles. The molecule has 5 heteroatoms.